The number of aliphatic hydroxyl groups is 1. The number of aliphatic hydroxyl groups excluding tert-OH is 1. The Balaban J connectivity index is 0.000000345. The normalized spacial score (nSPS) is 14.1. The molecular weight excluding hydrogens is 632 g/mol. The molecule has 1 atom stereocenters. The maximum absolute atomic E-state index is 10.6. The zero-order valence-corrected chi connectivity index (χ0v) is 24.1. The number of aromatic nitrogens is 4. The van der Waals surface area contributed by atoms with Crippen LogP contribution in [0.4, 0.5) is 32.2 Å². The molecule has 0 fully saturated rings. The zero-order chi connectivity index (χ0) is 34.2. The van der Waals surface area contributed by atoms with E-state index in [0.29, 0.717) is 13.2 Å². The Morgan fingerprint density at radius 2 is 1.67 bits per heavy atom. The van der Waals surface area contributed by atoms with Crippen molar-refractivity contribution >= 4 is 28.7 Å². The number of rotatable bonds is 6. The monoisotopic (exact) mass is 659 g/mol. The summed E-state index contributed by atoms with van der Waals surface area (Å²) in [5.41, 5.74) is 3.97. The summed E-state index contributed by atoms with van der Waals surface area (Å²) >= 11 is 0. The number of nitrogens with one attached hydrogen (secondary N) is 1. The van der Waals surface area contributed by atoms with Crippen molar-refractivity contribution in [3.63, 3.8) is 0 Å². The molecule has 12 nitrogen and oxygen atoms in total. The maximum Gasteiger partial charge on any atom is 0.490 e. The molecule has 1 aliphatic rings. The van der Waals surface area contributed by atoms with Gasteiger partial charge in [-0.15, -0.1) is 0 Å². The number of carboxylic acids is 2. The van der Waals surface area contributed by atoms with Gasteiger partial charge in [0.25, 0.3) is 0 Å². The van der Waals surface area contributed by atoms with E-state index >= 15 is 0 Å². The Morgan fingerprint density at radius 1 is 1.02 bits per heavy atom. The summed E-state index contributed by atoms with van der Waals surface area (Å²) in [7, 11) is 3.60. The van der Waals surface area contributed by atoms with E-state index in [1.54, 1.807) is 13.3 Å². The fraction of sp³-hybridized carbons (Fsp3) is 0.321. The first-order valence-corrected chi connectivity index (χ1v) is 13.1. The molecule has 4 aromatic rings. The highest BCUT2D eigenvalue weighted by Gasteiger charge is 2.39. The number of carbonyl (C=O) groups is 2. The maximum atomic E-state index is 10.6. The predicted molar refractivity (Wildman–Crippen MR) is 150 cm³/mol. The van der Waals surface area contributed by atoms with E-state index in [0.717, 1.165) is 57.2 Å². The Bertz CT molecular complexity index is 1620. The first-order chi connectivity index (χ1) is 21.5. The number of hydrogen-bond donors (Lipinski definition) is 4. The molecule has 4 N–H and O–H groups in total. The van der Waals surface area contributed by atoms with Gasteiger partial charge >= 0.3 is 24.3 Å². The van der Waals surface area contributed by atoms with Crippen molar-refractivity contribution in [2.75, 3.05) is 38.8 Å². The number of fused-ring (bicyclic) bond motifs is 2. The summed E-state index contributed by atoms with van der Waals surface area (Å²) in [6, 6.07) is 12.0. The van der Waals surface area contributed by atoms with Gasteiger partial charge in [0, 0.05) is 30.7 Å². The molecule has 0 radical (unpaired) electrons. The van der Waals surface area contributed by atoms with E-state index < -0.39 is 24.3 Å². The molecule has 46 heavy (non-hydrogen) atoms. The van der Waals surface area contributed by atoms with Crippen LogP contribution in [-0.2, 0) is 16.0 Å². The molecule has 1 aliphatic heterocycles. The quantitative estimate of drug-likeness (QED) is 0.216. The van der Waals surface area contributed by atoms with Gasteiger partial charge in [0.1, 0.15) is 23.1 Å². The van der Waals surface area contributed by atoms with Crippen LogP contribution in [0.15, 0.2) is 48.8 Å². The number of aromatic amines is 1. The lowest BCUT2D eigenvalue weighted by Crippen LogP contribution is -2.25. The van der Waals surface area contributed by atoms with Crippen molar-refractivity contribution in [1.82, 2.24) is 20.2 Å². The first-order valence-electron chi connectivity index (χ1n) is 13.1. The third-order valence-electron chi connectivity index (χ3n) is 6.35. The molecular formula is C28H27F6N5O7. The molecule has 2 aromatic heterocycles. The van der Waals surface area contributed by atoms with Crippen LogP contribution in [0.1, 0.15) is 17.3 Å². The lowest BCUT2D eigenvalue weighted by atomic mass is 9.95. The number of carboxylic acid groups (broad SMARTS) is 2. The summed E-state index contributed by atoms with van der Waals surface area (Å²) in [6.45, 7) is 1.04. The van der Waals surface area contributed by atoms with Gasteiger partial charge < -0.3 is 29.7 Å². The molecule has 0 bridgehead atoms. The average molecular weight is 660 g/mol. The summed E-state index contributed by atoms with van der Waals surface area (Å²) < 4.78 is 74.9. The number of ether oxygens (including phenoxy) is 2. The van der Waals surface area contributed by atoms with E-state index in [4.69, 9.17) is 39.2 Å². The van der Waals surface area contributed by atoms with Gasteiger partial charge in [-0.1, -0.05) is 6.07 Å². The van der Waals surface area contributed by atoms with E-state index in [2.05, 4.69) is 16.3 Å². The van der Waals surface area contributed by atoms with Crippen LogP contribution < -0.4 is 14.4 Å². The van der Waals surface area contributed by atoms with Crippen molar-refractivity contribution in [2.45, 2.75) is 24.7 Å². The number of H-pyrrole nitrogens is 1. The minimum atomic E-state index is -5.08. The third-order valence-corrected chi connectivity index (χ3v) is 6.35. The van der Waals surface area contributed by atoms with Gasteiger partial charge in [-0.2, -0.15) is 31.4 Å². The number of methoxy groups -OCH3 is 1. The number of halogens is 6. The highest BCUT2D eigenvalue weighted by Crippen LogP contribution is 2.36. The van der Waals surface area contributed by atoms with Crippen molar-refractivity contribution in [2.24, 2.45) is 0 Å². The third kappa shape index (κ3) is 9.19. The SMILES string of the molecule is COc1ccc2c(c1)CC(c1nc(N(C)CCO)c3ccc(-c4cn[nH]c4)cc3n1)CO2.O=C(O)C(F)(F)F.O=C(O)C(F)(F)F. The summed E-state index contributed by atoms with van der Waals surface area (Å²) in [5.74, 6) is -2.29. The van der Waals surface area contributed by atoms with Crippen molar-refractivity contribution in [3.8, 4) is 22.6 Å². The largest absolute Gasteiger partial charge is 0.497 e. The highest BCUT2D eigenvalue weighted by atomic mass is 19.4. The number of anilines is 1. The van der Waals surface area contributed by atoms with Gasteiger partial charge in [0.05, 0.1) is 38.0 Å². The molecule has 5 rings (SSSR count). The van der Waals surface area contributed by atoms with Gasteiger partial charge in [-0.25, -0.2) is 19.6 Å². The number of nitrogens with zero attached hydrogens (tertiary/aromatic N) is 4. The molecule has 0 aliphatic carbocycles. The van der Waals surface area contributed by atoms with Crippen LogP contribution in [0, 0.1) is 0 Å². The standard InChI is InChI=1S/C24H25N5O3.2C2HF3O2/c1-29(7-8-30)24-20-5-3-15(18-12-25-26-13-18)11-21(20)27-23(28-24)17-9-16-10-19(31-2)4-6-22(16)32-14-17;2*3-2(4,5)1(6)7/h3-6,10-13,17,30H,7-9,14H2,1-2H3,(H,25,26);2*(H,6,7). The Labute approximate surface area is 256 Å². The topological polar surface area (TPSA) is 171 Å². The minimum Gasteiger partial charge on any atom is -0.497 e. The summed E-state index contributed by atoms with van der Waals surface area (Å²) in [5, 5.41) is 31.6. The first kappa shape index (κ1) is 35.4. The van der Waals surface area contributed by atoms with Crippen molar-refractivity contribution in [3.05, 3.63) is 60.2 Å². The second kappa shape index (κ2) is 14.8. The van der Waals surface area contributed by atoms with Crippen LogP contribution in [0.2, 0.25) is 0 Å². The molecule has 0 spiro atoms. The van der Waals surface area contributed by atoms with Crippen molar-refractivity contribution < 1.29 is 60.7 Å². The number of alkyl halides is 6. The molecule has 0 saturated heterocycles. The highest BCUT2D eigenvalue weighted by molar-refractivity contribution is 5.92. The molecule has 1 unspecified atom stereocenters. The van der Waals surface area contributed by atoms with Crippen LogP contribution in [0.3, 0.4) is 0 Å². The van der Waals surface area contributed by atoms with Gasteiger partial charge in [0.2, 0.25) is 0 Å². The van der Waals surface area contributed by atoms with Crippen molar-refractivity contribution in [1.29, 1.82) is 0 Å². The number of likely N-dealkylation sites (N-methyl/N-ethyl adjacent to an activating group) is 1. The zero-order valence-electron chi connectivity index (χ0n) is 24.1. The van der Waals surface area contributed by atoms with Crippen LogP contribution in [0.5, 0.6) is 11.5 Å². The summed E-state index contributed by atoms with van der Waals surface area (Å²) in [4.78, 5) is 29.6. The Kier molecular flexibility index (Phi) is 11.3. The average Bonchev–Trinajstić information content (AvgIpc) is 3.55. The smallest absolute Gasteiger partial charge is 0.490 e. The second-order valence-corrected chi connectivity index (χ2v) is 9.56. The minimum absolute atomic E-state index is 0.0119. The van der Waals surface area contributed by atoms with Crippen LogP contribution in [0.25, 0.3) is 22.0 Å². The lowest BCUT2D eigenvalue weighted by Gasteiger charge is -2.26. The summed E-state index contributed by atoms with van der Waals surface area (Å²) in [6.07, 6.45) is -5.74. The Morgan fingerprint density at radius 3 is 2.22 bits per heavy atom. The van der Waals surface area contributed by atoms with E-state index in [9.17, 15) is 31.4 Å². The van der Waals surface area contributed by atoms with Crippen LogP contribution in [-0.4, -0.2) is 93.7 Å². The van der Waals surface area contributed by atoms with E-state index in [1.807, 2.05) is 48.5 Å². The molecule has 18 heteroatoms. The fourth-order valence-corrected chi connectivity index (χ4v) is 4.11. The van der Waals surface area contributed by atoms with Crippen LogP contribution >= 0.6 is 0 Å². The molecule has 3 heterocycles. The predicted octanol–water partition coefficient (Wildman–Crippen LogP) is 4.44. The molecule has 0 amide bonds. The fourth-order valence-electron chi connectivity index (χ4n) is 4.11. The molecule has 0 saturated carbocycles. The van der Waals surface area contributed by atoms with Gasteiger partial charge in [-0.05, 0) is 47.9 Å². The van der Waals surface area contributed by atoms with E-state index in [-0.39, 0.29) is 12.5 Å². The molecule has 248 valence electrons. The number of aliphatic carboxylic acids is 2. The van der Waals surface area contributed by atoms with E-state index in [1.165, 1.54) is 0 Å². The number of hydrogen-bond acceptors (Lipinski definition) is 9. The lowest BCUT2D eigenvalue weighted by molar-refractivity contribution is -0.193. The number of benzene rings is 2. The molecule has 2 aromatic carbocycles. The van der Waals surface area contributed by atoms with Gasteiger partial charge in [0.15, 0.2) is 0 Å². The second-order valence-electron chi connectivity index (χ2n) is 9.56. The Hall–Kier alpha value is -5.13. The van der Waals surface area contributed by atoms with Gasteiger partial charge in [-0.3, -0.25) is 5.10 Å².